The van der Waals surface area contributed by atoms with Crippen molar-refractivity contribution in [3.05, 3.63) is 71.6 Å². The molecule has 2 aliphatic heterocycles. The van der Waals surface area contributed by atoms with Gasteiger partial charge in [0.15, 0.2) is 0 Å². The molecule has 1 aromatic carbocycles. The molecule has 2 unspecified atom stereocenters. The highest BCUT2D eigenvalue weighted by molar-refractivity contribution is 5.74. The summed E-state index contributed by atoms with van der Waals surface area (Å²) in [6.07, 6.45) is 4.50. The summed E-state index contributed by atoms with van der Waals surface area (Å²) >= 11 is 0. The van der Waals surface area contributed by atoms with E-state index in [1.54, 1.807) is 6.07 Å². The van der Waals surface area contributed by atoms with Gasteiger partial charge in [-0.05, 0) is 42.5 Å². The van der Waals surface area contributed by atoms with Crippen LogP contribution >= 0.6 is 0 Å². The van der Waals surface area contributed by atoms with Gasteiger partial charge in [-0.3, -0.25) is 4.90 Å². The van der Waals surface area contributed by atoms with Gasteiger partial charge in [-0.15, -0.1) is 0 Å². The Morgan fingerprint density at radius 1 is 1.19 bits per heavy atom. The lowest BCUT2D eigenvalue weighted by atomic mass is 9.98. The Bertz CT molecular complexity index is 886. The lowest BCUT2D eigenvalue weighted by Crippen LogP contribution is -2.43. The first kappa shape index (κ1) is 16.3. The van der Waals surface area contributed by atoms with Crippen molar-refractivity contribution in [2.45, 2.75) is 38.0 Å². The van der Waals surface area contributed by atoms with Crippen molar-refractivity contribution in [3.63, 3.8) is 0 Å². The van der Waals surface area contributed by atoms with Crippen molar-refractivity contribution < 1.29 is 9.53 Å². The fourth-order valence-corrected chi connectivity index (χ4v) is 3.77. The van der Waals surface area contributed by atoms with E-state index in [1.807, 2.05) is 47.4 Å². The van der Waals surface area contributed by atoms with Gasteiger partial charge in [-0.25, -0.2) is 9.78 Å². The molecule has 1 saturated heterocycles. The molecule has 26 heavy (non-hydrogen) atoms. The number of pyridine rings is 1. The van der Waals surface area contributed by atoms with Gasteiger partial charge in [0.1, 0.15) is 18.4 Å². The molecule has 4 rings (SSSR count). The normalized spacial score (nSPS) is 21.0. The SMILES string of the molecule is N#Cc1cccc(C2=CC3CCC(C2)N3C(=O)OCc2ccccc2)n1. The number of nitriles is 1. The maximum atomic E-state index is 12.6. The number of rotatable bonds is 3. The maximum Gasteiger partial charge on any atom is 0.410 e. The van der Waals surface area contributed by atoms with E-state index in [2.05, 4.69) is 17.1 Å². The topological polar surface area (TPSA) is 66.2 Å². The Kier molecular flexibility index (Phi) is 4.40. The summed E-state index contributed by atoms with van der Waals surface area (Å²) < 4.78 is 5.52. The third-order valence-corrected chi connectivity index (χ3v) is 5.00. The number of ether oxygens (including phenoxy) is 1. The molecule has 0 N–H and O–H groups in total. The lowest BCUT2D eigenvalue weighted by molar-refractivity contribution is 0.0832. The molecule has 3 heterocycles. The van der Waals surface area contributed by atoms with Gasteiger partial charge in [-0.1, -0.05) is 42.5 Å². The van der Waals surface area contributed by atoms with Crippen LogP contribution in [0, 0.1) is 11.3 Å². The molecule has 1 amide bonds. The Hall–Kier alpha value is -3.13. The van der Waals surface area contributed by atoms with Crippen molar-refractivity contribution in [1.29, 1.82) is 5.26 Å². The molecule has 1 fully saturated rings. The average Bonchev–Trinajstić information content (AvgIpc) is 2.96. The van der Waals surface area contributed by atoms with Crippen LogP contribution < -0.4 is 0 Å². The number of carbonyl (C=O) groups is 1. The average molecular weight is 345 g/mol. The molecule has 5 nitrogen and oxygen atoms in total. The third-order valence-electron chi connectivity index (χ3n) is 5.00. The van der Waals surface area contributed by atoms with Gasteiger partial charge >= 0.3 is 6.09 Å². The molecule has 0 saturated carbocycles. The summed E-state index contributed by atoms with van der Waals surface area (Å²) in [5.41, 5.74) is 3.35. The molecule has 2 aromatic rings. The molecule has 0 aliphatic carbocycles. The first-order valence-electron chi connectivity index (χ1n) is 8.82. The monoisotopic (exact) mass is 345 g/mol. The van der Waals surface area contributed by atoms with Crippen LogP contribution in [0.25, 0.3) is 5.57 Å². The van der Waals surface area contributed by atoms with Gasteiger partial charge in [0.05, 0.1) is 11.7 Å². The van der Waals surface area contributed by atoms with E-state index in [-0.39, 0.29) is 24.8 Å². The second kappa shape index (κ2) is 7.01. The summed E-state index contributed by atoms with van der Waals surface area (Å²) in [5.74, 6) is 0. The van der Waals surface area contributed by atoms with E-state index < -0.39 is 0 Å². The van der Waals surface area contributed by atoms with E-state index in [0.29, 0.717) is 5.69 Å². The van der Waals surface area contributed by atoms with Crippen molar-refractivity contribution >= 4 is 11.7 Å². The minimum atomic E-state index is -0.254. The van der Waals surface area contributed by atoms with E-state index in [0.717, 1.165) is 36.1 Å². The first-order chi connectivity index (χ1) is 12.7. The number of hydrogen-bond donors (Lipinski definition) is 0. The van der Waals surface area contributed by atoms with Crippen LogP contribution in [0.2, 0.25) is 0 Å². The highest BCUT2D eigenvalue weighted by atomic mass is 16.6. The third kappa shape index (κ3) is 3.18. The number of carbonyl (C=O) groups excluding carboxylic acids is 1. The second-order valence-electron chi connectivity index (χ2n) is 6.66. The van der Waals surface area contributed by atoms with Crippen molar-refractivity contribution in [1.82, 2.24) is 9.88 Å². The predicted molar refractivity (Wildman–Crippen MR) is 96.8 cm³/mol. The number of fused-ring (bicyclic) bond motifs is 2. The van der Waals surface area contributed by atoms with Gasteiger partial charge in [0, 0.05) is 6.04 Å². The molecule has 130 valence electrons. The van der Waals surface area contributed by atoms with Gasteiger partial charge < -0.3 is 4.74 Å². The molecule has 2 bridgehead atoms. The summed E-state index contributed by atoms with van der Waals surface area (Å²) in [6, 6.07) is 17.4. The zero-order chi connectivity index (χ0) is 17.9. The number of hydrogen-bond acceptors (Lipinski definition) is 4. The minimum absolute atomic E-state index is 0.0413. The van der Waals surface area contributed by atoms with Crippen molar-refractivity contribution in [2.24, 2.45) is 0 Å². The Balaban J connectivity index is 1.48. The number of amides is 1. The Morgan fingerprint density at radius 3 is 2.81 bits per heavy atom. The molecule has 0 spiro atoms. The highest BCUT2D eigenvalue weighted by Crippen LogP contribution is 2.38. The van der Waals surface area contributed by atoms with E-state index >= 15 is 0 Å². The lowest BCUT2D eigenvalue weighted by Gasteiger charge is -2.33. The van der Waals surface area contributed by atoms with E-state index in [1.165, 1.54) is 0 Å². The highest BCUT2D eigenvalue weighted by Gasteiger charge is 2.40. The van der Waals surface area contributed by atoms with Crippen LogP contribution in [0.15, 0.2) is 54.6 Å². The summed E-state index contributed by atoms with van der Waals surface area (Å²) in [6.45, 7) is 0.290. The van der Waals surface area contributed by atoms with Gasteiger partial charge in [0.25, 0.3) is 0 Å². The quantitative estimate of drug-likeness (QED) is 0.846. The van der Waals surface area contributed by atoms with Crippen molar-refractivity contribution in [3.8, 4) is 6.07 Å². The molecular formula is C21H19N3O2. The smallest absolute Gasteiger partial charge is 0.410 e. The first-order valence-corrected chi connectivity index (χ1v) is 8.82. The van der Waals surface area contributed by atoms with Crippen LogP contribution in [0.3, 0.4) is 0 Å². The molecule has 2 aliphatic rings. The standard InChI is InChI=1S/C21H19N3O2/c22-13-17-7-4-8-20(23-17)16-11-18-9-10-19(12-16)24(18)21(25)26-14-15-5-2-1-3-6-15/h1-8,11,18-19H,9-10,12,14H2. The second-order valence-corrected chi connectivity index (χ2v) is 6.66. The molecule has 5 heteroatoms. The van der Waals surface area contributed by atoms with Crippen LogP contribution in [0.1, 0.15) is 36.2 Å². The Labute approximate surface area is 152 Å². The van der Waals surface area contributed by atoms with Crippen LogP contribution in [0.5, 0.6) is 0 Å². The van der Waals surface area contributed by atoms with Crippen molar-refractivity contribution in [2.75, 3.05) is 0 Å². The number of aromatic nitrogens is 1. The van der Waals surface area contributed by atoms with Crippen LogP contribution in [-0.2, 0) is 11.3 Å². The summed E-state index contributed by atoms with van der Waals surface area (Å²) in [5, 5.41) is 9.04. The molecule has 2 atom stereocenters. The Morgan fingerprint density at radius 2 is 2.04 bits per heavy atom. The largest absolute Gasteiger partial charge is 0.445 e. The van der Waals surface area contributed by atoms with E-state index in [9.17, 15) is 4.79 Å². The molecular weight excluding hydrogens is 326 g/mol. The zero-order valence-electron chi connectivity index (χ0n) is 14.3. The fraction of sp³-hybridized carbons (Fsp3) is 0.286. The maximum absolute atomic E-state index is 12.6. The fourth-order valence-electron chi connectivity index (χ4n) is 3.77. The molecule has 1 aromatic heterocycles. The van der Waals surface area contributed by atoms with Gasteiger partial charge in [0.2, 0.25) is 0 Å². The zero-order valence-corrected chi connectivity index (χ0v) is 14.3. The van der Waals surface area contributed by atoms with Crippen LogP contribution in [-0.4, -0.2) is 28.1 Å². The van der Waals surface area contributed by atoms with E-state index in [4.69, 9.17) is 10.00 Å². The van der Waals surface area contributed by atoms with Crippen LogP contribution in [0.4, 0.5) is 4.79 Å². The number of benzene rings is 1. The summed E-state index contributed by atoms with van der Waals surface area (Å²) in [4.78, 5) is 18.8. The minimum Gasteiger partial charge on any atom is -0.445 e. The summed E-state index contributed by atoms with van der Waals surface area (Å²) in [7, 11) is 0. The molecule has 0 radical (unpaired) electrons. The van der Waals surface area contributed by atoms with Gasteiger partial charge in [-0.2, -0.15) is 5.26 Å². The predicted octanol–water partition coefficient (Wildman–Crippen LogP) is 3.91. The number of nitrogens with zero attached hydrogens (tertiary/aromatic N) is 3.